The van der Waals surface area contributed by atoms with Gasteiger partial charge in [0.2, 0.25) is 0 Å². The highest BCUT2D eigenvalue weighted by Gasteiger charge is 2.11. The molecule has 16 heavy (non-hydrogen) atoms. The Morgan fingerprint density at radius 2 is 2.19 bits per heavy atom. The molecular formula is C14H18BrN. The summed E-state index contributed by atoms with van der Waals surface area (Å²) in [6, 6.07) is 6.73. The van der Waals surface area contributed by atoms with Crippen LogP contribution in [0.2, 0.25) is 0 Å². The Morgan fingerprint density at radius 3 is 2.81 bits per heavy atom. The SMILES string of the molecule is CC#CCC(NCC)c1cc(Br)ccc1C. The van der Waals surface area contributed by atoms with Crippen molar-refractivity contribution in [2.45, 2.75) is 33.2 Å². The molecule has 0 bridgehead atoms. The Labute approximate surface area is 107 Å². The van der Waals surface area contributed by atoms with Crippen LogP contribution in [0.3, 0.4) is 0 Å². The quantitative estimate of drug-likeness (QED) is 0.827. The lowest BCUT2D eigenvalue weighted by Gasteiger charge is -2.18. The van der Waals surface area contributed by atoms with E-state index in [4.69, 9.17) is 0 Å². The van der Waals surface area contributed by atoms with E-state index in [2.05, 4.69) is 65.1 Å². The summed E-state index contributed by atoms with van der Waals surface area (Å²) in [7, 11) is 0. The summed E-state index contributed by atoms with van der Waals surface area (Å²) < 4.78 is 1.13. The predicted octanol–water partition coefficient (Wildman–Crippen LogP) is 3.82. The molecule has 0 radical (unpaired) electrons. The van der Waals surface area contributed by atoms with Crippen LogP contribution in [-0.2, 0) is 0 Å². The molecular weight excluding hydrogens is 262 g/mol. The molecule has 0 amide bonds. The molecule has 1 rings (SSSR count). The Balaban J connectivity index is 2.97. The molecule has 0 aromatic heterocycles. The normalized spacial score (nSPS) is 11.8. The van der Waals surface area contributed by atoms with Crippen LogP contribution in [0, 0.1) is 18.8 Å². The number of benzene rings is 1. The zero-order chi connectivity index (χ0) is 12.0. The fraction of sp³-hybridized carbons (Fsp3) is 0.429. The van der Waals surface area contributed by atoms with Gasteiger partial charge in [0, 0.05) is 16.9 Å². The number of halogens is 1. The monoisotopic (exact) mass is 279 g/mol. The highest BCUT2D eigenvalue weighted by atomic mass is 79.9. The second-order valence-corrected chi connectivity index (χ2v) is 4.66. The van der Waals surface area contributed by atoms with Crippen molar-refractivity contribution in [3.8, 4) is 11.8 Å². The summed E-state index contributed by atoms with van der Waals surface area (Å²) in [6.07, 6.45) is 0.863. The minimum absolute atomic E-state index is 0.329. The van der Waals surface area contributed by atoms with E-state index < -0.39 is 0 Å². The zero-order valence-electron chi connectivity index (χ0n) is 10.1. The van der Waals surface area contributed by atoms with Gasteiger partial charge in [0.25, 0.3) is 0 Å². The van der Waals surface area contributed by atoms with Crippen molar-refractivity contribution in [3.05, 3.63) is 33.8 Å². The standard InChI is InChI=1S/C14H18BrN/c1-4-6-7-14(16-5-2)13-10-12(15)9-8-11(13)3/h8-10,14,16H,5,7H2,1-3H3. The molecule has 1 N–H and O–H groups in total. The second kappa shape index (κ2) is 6.73. The molecule has 0 fully saturated rings. The molecule has 0 saturated carbocycles. The van der Waals surface area contributed by atoms with Gasteiger partial charge in [-0.3, -0.25) is 0 Å². The van der Waals surface area contributed by atoms with Gasteiger partial charge < -0.3 is 5.32 Å². The smallest absolute Gasteiger partial charge is 0.0433 e. The first kappa shape index (κ1) is 13.3. The van der Waals surface area contributed by atoms with E-state index in [1.54, 1.807) is 0 Å². The molecule has 1 atom stereocenters. The van der Waals surface area contributed by atoms with Crippen molar-refractivity contribution in [1.29, 1.82) is 0 Å². The van der Waals surface area contributed by atoms with Crippen LogP contribution < -0.4 is 5.32 Å². The molecule has 1 nitrogen and oxygen atoms in total. The third-order valence-electron chi connectivity index (χ3n) is 2.55. The highest BCUT2D eigenvalue weighted by molar-refractivity contribution is 9.10. The second-order valence-electron chi connectivity index (χ2n) is 3.74. The molecule has 86 valence electrons. The maximum atomic E-state index is 3.52. The maximum absolute atomic E-state index is 3.52. The lowest BCUT2D eigenvalue weighted by atomic mass is 9.99. The third kappa shape index (κ3) is 3.66. The molecule has 0 saturated heterocycles. The lowest BCUT2D eigenvalue weighted by molar-refractivity contribution is 0.562. The molecule has 0 spiro atoms. The van der Waals surface area contributed by atoms with Crippen molar-refractivity contribution in [1.82, 2.24) is 5.32 Å². The first-order valence-electron chi connectivity index (χ1n) is 5.58. The topological polar surface area (TPSA) is 12.0 Å². The Hall–Kier alpha value is -0.780. The third-order valence-corrected chi connectivity index (χ3v) is 3.04. The average molecular weight is 280 g/mol. The van der Waals surface area contributed by atoms with Crippen LogP contribution in [0.1, 0.15) is 37.4 Å². The molecule has 0 heterocycles. The van der Waals surface area contributed by atoms with Crippen molar-refractivity contribution >= 4 is 15.9 Å². The van der Waals surface area contributed by atoms with Crippen molar-refractivity contribution in [2.24, 2.45) is 0 Å². The van der Waals surface area contributed by atoms with E-state index in [0.29, 0.717) is 6.04 Å². The van der Waals surface area contributed by atoms with Gasteiger partial charge in [-0.25, -0.2) is 0 Å². The summed E-state index contributed by atoms with van der Waals surface area (Å²) in [4.78, 5) is 0. The van der Waals surface area contributed by atoms with Crippen molar-refractivity contribution < 1.29 is 0 Å². The van der Waals surface area contributed by atoms with Crippen LogP contribution in [0.4, 0.5) is 0 Å². The number of hydrogen-bond donors (Lipinski definition) is 1. The molecule has 1 unspecified atom stereocenters. The van der Waals surface area contributed by atoms with Crippen LogP contribution >= 0.6 is 15.9 Å². The van der Waals surface area contributed by atoms with E-state index >= 15 is 0 Å². The fourth-order valence-corrected chi connectivity index (χ4v) is 2.11. The van der Waals surface area contributed by atoms with Gasteiger partial charge in [-0.15, -0.1) is 11.8 Å². The molecule has 2 heteroatoms. The highest BCUT2D eigenvalue weighted by Crippen LogP contribution is 2.24. The van der Waals surface area contributed by atoms with E-state index in [1.165, 1.54) is 11.1 Å². The lowest BCUT2D eigenvalue weighted by Crippen LogP contribution is -2.21. The molecule has 1 aromatic rings. The van der Waals surface area contributed by atoms with Gasteiger partial charge in [-0.1, -0.05) is 28.9 Å². The number of nitrogens with one attached hydrogen (secondary N) is 1. The largest absolute Gasteiger partial charge is 0.309 e. The van der Waals surface area contributed by atoms with Gasteiger partial charge in [0.15, 0.2) is 0 Å². The van der Waals surface area contributed by atoms with Gasteiger partial charge in [-0.2, -0.15) is 0 Å². The van der Waals surface area contributed by atoms with Crippen molar-refractivity contribution in [2.75, 3.05) is 6.54 Å². The van der Waals surface area contributed by atoms with E-state index in [0.717, 1.165) is 17.4 Å². The molecule has 1 aromatic carbocycles. The molecule has 0 aliphatic carbocycles. The Morgan fingerprint density at radius 1 is 1.44 bits per heavy atom. The van der Waals surface area contributed by atoms with E-state index in [9.17, 15) is 0 Å². The summed E-state index contributed by atoms with van der Waals surface area (Å²) >= 11 is 3.52. The first-order chi connectivity index (χ1) is 7.69. The van der Waals surface area contributed by atoms with Crippen LogP contribution in [0.5, 0.6) is 0 Å². The number of rotatable bonds is 4. The summed E-state index contributed by atoms with van der Waals surface area (Å²) in [5, 5.41) is 3.48. The summed E-state index contributed by atoms with van der Waals surface area (Å²) in [6.45, 7) is 7.12. The van der Waals surface area contributed by atoms with E-state index in [-0.39, 0.29) is 0 Å². The average Bonchev–Trinajstić information content (AvgIpc) is 2.28. The summed E-state index contributed by atoms with van der Waals surface area (Å²) in [5.74, 6) is 6.11. The Kier molecular flexibility index (Phi) is 5.59. The van der Waals surface area contributed by atoms with Gasteiger partial charge in [-0.05, 0) is 43.7 Å². The first-order valence-corrected chi connectivity index (χ1v) is 6.37. The van der Waals surface area contributed by atoms with Gasteiger partial charge >= 0.3 is 0 Å². The molecule has 0 aliphatic heterocycles. The zero-order valence-corrected chi connectivity index (χ0v) is 11.7. The minimum Gasteiger partial charge on any atom is -0.309 e. The minimum atomic E-state index is 0.329. The van der Waals surface area contributed by atoms with E-state index in [1.807, 2.05) is 6.92 Å². The number of hydrogen-bond acceptors (Lipinski definition) is 1. The van der Waals surface area contributed by atoms with Crippen LogP contribution in [0.25, 0.3) is 0 Å². The van der Waals surface area contributed by atoms with Crippen molar-refractivity contribution in [3.63, 3.8) is 0 Å². The van der Waals surface area contributed by atoms with Crippen LogP contribution in [-0.4, -0.2) is 6.54 Å². The maximum Gasteiger partial charge on any atom is 0.0433 e. The molecule has 0 aliphatic rings. The predicted molar refractivity (Wildman–Crippen MR) is 73.4 cm³/mol. The van der Waals surface area contributed by atoms with Gasteiger partial charge in [0.05, 0.1) is 0 Å². The fourth-order valence-electron chi connectivity index (χ4n) is 1.73. The number of aryl methyl sites for hydroxylation is 1. The Bertz CT molecular complexity index is 401. The summed E-state index contributed by atoms with van der Waals surface area (Å²) in [5.41, 5.74) is 2.64. The van der Waals surface area contributed by atoms with Crippen LogP contribution in [0.15, 0.2) is 22.7 Å². The van der Waals surface area contributed by atoms with Gasteiger partial charge in [0.1, 0.15) is 0 Å².